The van der Waals surface area contributed by atoms with E-state index >= 15 is 0 Å². The normalized spacial score (nSPS) is 17.7. The Bertz CT molecular complexity index is 1170. The Morgan fingerprint density at radius 3 is 2.63 bits per heavy atom. The summed E-state index contributed by atoms with van der Waals surface area (Å²) < 4.78 is 7.68. The molecule has 5 rings (SSSR count). The van der Waals surface area contributed by atoms with E-state index in [0.29, 0.717) is 42.9 Å². The summed E-state index contributed by atoms with van der Waals surface area (Å²) in [6.45, 7) is 5.78. The molecule has 0 spiro atoms. The van der Waals surface area contributed by atoms with Crippen LogP contribution in [0, 0.1) is 13.8 Å². The summed E-state index contributed by atoms with van der Waals surface area (Å²) >= 11 is 0. The van der Waals surface area contributed by atoms with Crippen LogP contribution in [0.15, 0.2) is 42.5 Å². The Hall–Kier alpha value is -3.32. The van der Waals surface area contributed by atoms with Gasteiger partial charge in [0.05, 0.1) is 19.3 Å². The van der Waals surface area contributed by atoms with Gasteiger partial charge in [-0.3, -0.25) is 9.59 Å². The number of ether oxygens (including phenoxy) is 1. The molecule has 0 radical (unpaired) electrons. The van der Waals surface area contributed by atoms with Gasteiger partial charge in [-0.05, 0) is 37.1 Å². The van der Waals surface area contributed by atoms with Crippen LogP contribution in [0.4, 0.5) is 0 Å². The molecule has 0 saturated carbocycles. The van der Waals surface area contributed by atoms with Gasteiger partial charge >= 0.3 is 0 Å². The van der Waals surface area contributed by atoms with E-state index < -0.39 is 0 Å². The van der Waals surface area contributed by atoms with E-state index in [-0.39, 0.29) is 17.8 Å². The van der Waals surface area contributed by atoms with Crippen molar-refractivity contribution in [1.82, 2.24) is 19.7 Å². The predicted octanol–water partition coefficient (Wildman–Crippen LogP) is 2.65. The van der Waals surface area contributed by atoms with Gasteiger partial charge in [0, 0.05) is 29.8 Å². The minimum Gasteiger partial charge on any atom is -0.373 e. The van der Waals surface area contributed by atoms with Crippen molar-refractivity contribution in [2.75, 3.05) is 19.7 Å². The third-order valence-corrected chi connectivity index (χ3v) is 5.74. The number of aromatic nitrogens is 3. The molecule has 1 fully saturated rings. The number of nitrogens with zero attached hydrogens (tertiary/aromatic N) is 4. The largest absolute Gasteiger partial charge is 0.373 e. The van der Waals surface area contributed by atoms with Gasteiger partial charge in [-0.1, -0.05) is 30.3 Å². The quantitative estimate of drug-likeness (QED) is 0.527. The summed E-state index contributed by atoms with van der Waals surface area (Å²) in [5.41, 5.74) is 3.65. The number of ketones is 1. The molecule has 152 valence electrons. The number of rotatable bonds is 3. The van der Waals surface area contributed by atoms with E-state index in [1.54, 1.807) is 11.0 Å². The standard InChI is InChI=1S/C23H22N4O3/c1-14-24-15(2)27(25-14)13-17-12-26(9-10-30-17)23(29)16-7-8-19-18-5-3-4-6-20(18)22(28)21(19)11-16/h3-8,11,17H,9-10,12-13H2,1-2H3/t17-/m1/s1. The first-order chi connectivity index (χ1) is 14.5. The molecule has 2 aliphatic rings. The molecule has 1 aliphatic heterocycles. The molecule has 1 amide bonds. The Kier molecular flexibility index (Phi) is 4.47. The van der Waals surface area contributed by atoms with Crippen LogP contribution in [0.3, 0.4) is 0 Å². The lowest BCUT2D eigenvalue weighted by Gasteiger charge is -2.33. The van der Waals surface area contributed by atoms with Gasteiger partial charge in [-0.2, -0.15) is 5.10 Å². The van der Waals surface area contributed by atoms with Crippen LogP contribution in [-0.2, 0) is 11.3 Å². The molecule has 1 atom stereocenters. The molecule has 3 aromatic rings. The van der Waals surface area contributed by atoms with Crippen molar-refractivity contribution in [1.29, 1.82) is 0 Å². The lowest BCUT2D eigenvalue weighted by atomic mass is 10.0. The van der Waals surface area contributed by atoms with E-state index in [0.717, 1.165) is 22.8 Å². The number of fused-ring (bicyclic) bond motifs is 3. The van der Waals surface area contributed by atoms with Crippen molar-refractivity contribution in [3.05, 3.63) is 70.8 Å². The van der Waals surface area contributed by atoms with E-state index in [1.807, 2.05) is 54.9 Å². The molecular weight excluding hydrogens is 380 g/mol. The van der Waals surface area contributed by atoms with Crippen LogP contribution in [0.25, 0.3) is 11.1 Å². The first-order valence-electron chi connectivity index (χ1n) is 10.1. The topological polar surface area (TPSA) is 77.3 Å². The molecule has 2 aromatic carbocycles. The molecule has 1 saturated heterocycles. The summed E-state index contributed by atoms with van der Waals surface area (Å²) in [4.78, 5) is 32.1. The van der Waals surface area contributed by atoms with E-state index in [9.17, 15) is 9.59 Å². The summed E-state index contributed by atoms with van der Waals surface area (Å²) in [5, 5.41) is 4.38. The van der Waals surface area contributed by atoms with Crippen molar-refractivity contribution < 1.29 is 14.3 Å². The molecule has 0 bridgehead atoms. The molecule has 0 N–H and O–H groups in total. The Balaban J connectivity index is 1.35. The summed E-state index contributed by atoms with van der Waals surface area (Å²) in [5.74, 6) is 1.45. The zero-order valence-corrected chi connectivity index (χ0v) is 17.0. The van der Waals surface area contributed by atoms with Gasteiger partial charge in [-0.25, -0.2) is 9.67 Å². The Labute approximate surface area is 174 Å². The zero-order chi connectivity index (χ0) is 20.8. The SMILES string of the molecule is Cc1nc(C)n(C[C@H]2CN(C(=O)c3ccc4c(c3)C(=O)c3ccccc3-4)CCO2)n1. The average molecular weight is 402 g/mol. The monoisotopic (exact) mass is 402 g/mol. The van der Waals surface area contributed by atoms with Gasteiger partial charge in [-0.15, -0.1) is 0 Å². The number of aryl methyl sites for hydroxylation is 2. The van der Waals surface area contributed by atoms with Gasteiger partial charge in [0.15, 0.2) is 5.78 Å². The Morgan fingerprint density at radius 2 is 1.87 bits per heavy atom. The van der Waals surface area contributed by atoms with Gasteiger partial charge in [0.2, 0.25) is 0 Å². The molecule has 1 aliphatic carbocycles. The van der Waals surface area contributed by atoms with Crippen LogP contribution in [0.2, 0.25) is 0 Å². The van der Waals surface area contributed by atoms with Crippen molar-refractivity contribution in [2.24, 2.45) is 0 Å². The minimum atomic E-state index is -0.150. The third kappa shape index (κ3) is 3.11. The lowest BCUT2D eigenvalue weighted by molar-refractivity contribution is -0.0303. The third-order valence-electron chi connectivity index (χ3n) is 5.74. The highest BCUT2D eigenvalue weighted by Crippen LogP contribution is 2.36. The highest BCUT2D eigenvalue weighted by Gasteiger charge is 2.30. The molecule has 7 nitrogen and oxygen atoms in total. The number of hydrogen-bond acceptors (Lipinski definition) is 5. The predicted molar refractivity (Wildman–Crippen MR) is 110 cm³/mol. The maximum Gasteiger partial charge on any atom is 0.254 e. The molecule has 30 heavy (non-hydrogen) atoms. The summed E-state index contributed by atoms with van der Waals surface area (Å²) in [7, 11) is 0. The fourth-order valence-electron chi connectivity index (χ4n) is 4.29. The van der Waals surface area contributed by atoms with Crippen molar-refractivity contribution in [3.8, 4) is 11.1 Å². The molecule has 0 unspecified atom stereocenters. The highest BCUT2D eigenvalue weighted by atomic mass is 16.5. The van der Waals surface area contributed by atoms with Crippen LogP contribution < -0.4 is 0 Å². The van der Waals surface area contributed by atoms with Crippen molar-refractivity contribution in [3.63, 3.8) is 0 Å². The first kappa shape index (κ1) is 18.7. The maximum absolute atomic E-state index is 13.2. The van der Waals surface area contributed by atoms with Gasteiger partial charge in [0.1, 0.15) is 11.6 Å². The zero-order valence-electron chi connectivity index (χ0n) is 17.0. The van der Waals surface area contributed by atoms with Crippen LogP contribution in [-0.4, -0.2) is 57.2 Å². The van der Waals surface area contributed by atoms with Crippen molar-refractivity contribution >= 4 is 11.7 Å². The van der Waals surface area contributed by atoms with E-state index in [2.05, 4.69) is 10.1 Å². The minimum absolute atomic E-state index is 0.0212. The van der Waals surface area contributed by atoms with Crippen LogP contribution >= 0.6 is 0 Å². The smallest absolute Gasteiger partial charge is 0.254 e. The molecule has 2 heterocycles. The van der Waals surface area contributed by atoms with Crippen LogP contribution in [0.1, 0.15) is 37.9 Å². The lowest BCUT2D eigenvalue weighted by Crippen LogP contribution is -2.47. The van der Waals surface area contributed by atoms with E-state index in [4.69, 9.17) is 4.74 Å². The highest BCUT2D eigenvalue weighted by molar-refractivity contribution is 6.22. The number of hydrogen-bond donors (Lipinski definition) is 0. The number of benzene rings is 2. The molecule has 1 aromatic heterocycles. The number of carbonyl (C=O) groups excluding carboxylic acids is 2. The van der Waals surface area contributed by atoms with Crippen LogP contribution in [0.5, 0.6) is 0 Å². The second-order valence-corrected chi connectivity index (χ2v) is 7.77. The summed E-state index contributed by atoms with van der Waals surface area (Å²) in [6, 6.07) is 13.0. The molecular formula is C23H22N4O3. The van der Waals surface area contributed by atoms with E-state index in [1.165, 1.54) is 0 Å². The average Bonchev–Trinajstić information content (AvgIpc) is 3.23. The van der Waals surface area contributed by atoms with Gasteiger partial charge in [0.25, 0.3) is 5.91 Å². The number of amides is 1. The number of carbonyl (C=O) groups is 2. The maximum atomic E-state index is 13.2. The first-order valence-corrected chi connectivity index (χ1v) is 10.1. The second-order valence-electron chi connectivity index (χ2n) is 7.77. The van der Waals surface area contributed by atoms with Gasteiger partial charge < -0.3 is 9.64 Å². The number of morpholine rings is 1. The fourth-order valence-corrected chi connectivity index (χ4v) is 4.29. The fraction of sp³-hybridized carbons (Fsp3) is 0.304. The molecule has 7 heteroatoms. The summed E-state index contributed by atoms with van der Waals surface area (Å²) in [6.07, 6.45) is -0.150. The van der Waals surface area contributed by atoms with Crippen molar-refractivity contribution in [2.45, 2.75) is 26.5 Å². The Morgan fingerprint density at radius 1 is 1.10 bits per heavy atom. The second kappa shape index (κ2) is 7.18.